The van der Waals surface area contributed by atoms with Gasteiger partial charge in [-0.2, -0.15) is 5.10 Å². The number of alkyl halides is 1. The Balaban J connectivity index is 0.000000980. The molecule has 1 aromatic rings. The van der Waals surface area contributed by atoms with Crippen molar-refractivity contribution in [2.45, 2.75) is 18.5 Å². The van der Waals surface area contributed by atoms with Gasteiger partial charge in [0.1, 0.15) is 11.7 Å². The van der Waals surface area contributed by atoms with Crippen LogP contribution in [0.4, 0.5) is 4.39 Å². The number of carbonyl (C=O) groups is 1. The Morgan fingerprint density at radius 2 is 2.36 bits per heavy atom. The summed E-state index contributed by atoms with van der Waals surface area (Å²) in [5.41, 5.74) is 0.618. The van der Waals surface area contributed by atoms with Crippen molar-refractivity contribution in [3.05, 3.63) is 17.5 Å². The van der Waals surface area contributed by atoms with Gasteiger partial charge in [-0.3, -0.25) is 4.68 Å². The van der Waals surface area contributed by atoms with Gasteiger partial charge >= 0.3 is 5.97 Å². The second-order valence-corrected chi connectivity index (χ2v) is 3.23. The second-order valence-electron chi connectivity index (χ2n) is 3.23. The van der Waals surface area contributed by atoms with E-state index in [1.54, 1.807) is 7.05 Å². The molecule has 1 aromatic heterocycles. The number of hydrogen-bond donors (Lipinski definition) is 1. The van der Waals surface area contributed by atoms with Crippen molar-refractivity contribution in [1.82, 2.24) is 9.78 Å². The van der Waals surface area contributed by atoms with E-state index in [1.165, 1.54) is 10.9 Å². The number of aromatic carboxylic acids is 1. The molecular weight excluding hydrogens is 214 g/mol. The third-order valence-corrected chi connectivity index (χ3v) is 2.28. The van der Waals surface area contributed by atoms with Crippen LogP contribution in [0.15, 0.2) is 6.20 Å². The van der Waals surface area contributed by atoms with Crippen molar-refractivity contribution in [2.24, 2.45) is 7.05 Å². The largest absolute Gasteiger partial charge is 0.478 e. The molecule has 6 heteroatoms. The molecule has 14 heavy (non-hydrogen) atoms. The molecule has 1 fully saturated rings. The number of carboxylic acid groups (broad SMARTS) is 1. The predicted octanol–water partition coefficient (Wildman–Crippen LogP) is 0.563. The maximum atomic E-state index is 12.7. The molecule has 1 N–H and O–H groups in total. The Bertz CT molecular complexity index is 366. The summed E-state index contributed by atoms with van der Waals surface area (Å²) in [4.78, 5) is 10.7. The van der Waals surface area contributed by atoms with Crippen LogP contribution in [0.2, 0.25) is 0 Å². The summed E-state index contributed by atoms with van der Waals surface area (Å²) in [5.74, 6) is -1.30. The van der Waals surface area contributed by atoms with E-state index in [2.05, 4.69) is 5.10 Å². The van der Waals surface area contributed by atoms with Gasteiger partial charge in [0.2, 0.25) is 0 Å². The van der Waals surface area contributed by atoms with E-state index in [0.717, 1.165) is 0 Å². The van der Waals surface area contributed by atoms with Gasteiger partial charge in [-0.15, -0.1) is 0 Å². The maximum absolute atomic E-state index is 12.7. The van der Waals surface area contributed by atoms with Crippen LogP contribution >= 0.6 is 0 Å². The van der Waals surface area contributed by atoms with Crippen LogP contribution in [0.5, 0.6) is 0 Å². The third kappa shape index (κ3) is 2.09. The average molecular weight is 223 g/mol. The van der Waals surface area contributed by atoms with Gasteiger partial charge in [-0.1, -0.05) is 0 Å². The molecule has 1 heterocycles. The first-order chi connectivity index (χ1) is 6.11. The van der Waals surface area contributed by atoms with E-state index in [1.807, 2.05) is 0 Å². The van der Waals surface area contributed by atoms with E-state index in [9.17, 15) is 9.18 Å². The summed E-state index contributed by atoms with van der Waals surface area (Å²) in [5, 5.41) is 12.6. The fourth-order valence-electron chi connectivity index (χ4n) is 1.50. The first-order valence-electron chi connectivity index (χ1n) is 4.00. The van der Waals surface area contributed by atoms with Crippen molar-refractivity contribution in [1.29, 1.82) is 0 Å². The van der Waals surface area contributed by atoms with Crippen LogP contribution in [0.1, 0.15) is 28.4 Å². The number of aryl methyl sites for hydroxylation is 1. The molecule has 1 saturated carbocycles. The van der Waals surface area contributed by atoms with Crippen molar-refractivity contribution < 1.29 is 14.3 Å². The molecule has 0 amide bonds. The molecule has 0 saturated heterocycles. The summed E-state index contributed by atoms with van der Waals surface area (Å²) in [6, 6.07) is 0. The molecule has 1 radical (unpaired) electrons. The van der Waals surface area contributed by atoms with Gasteiger partial charge in [-0.25, -0.2) is 9.18 Å². The zero-order valence-corrected chi connectivity index (χ0v) is 11.2. The minimum atomic E-state index is -1.04. The van der Waals surface area contributed by atoms with Gasteiger partial charge in [0.15, 0.2) is 0 Å². The van der Waals surface area contributed by atoms with Crippen LogP contribution in [0.3, 0.4) is 0 Å². The Labute approximate surface area is 123 Å². The zero-order valence-electron chi connectivity index (χ0n) is 8.07. The fourth-order valence-corrected chi connectivity index (χ4v) is 1.50. The number of hydrogen-bond acceptors (Lipinski definition) is 2. The topological polar surface area (TPSA) is 55.1 Å². The molecule has 2 rings (SSSR count). The fraction of sp³-hybridized carbons (Fsp3) is 0.500. The number of nitrogens with zero attached hydrogens (tertiary/aromatic N) is 2. The maximum Gasteiger partial charge on any atom is 0.339 e. The third-order valence-electron chi connectivity index (χ3n) is 2.28. The van der Waals surface area contributed by atoms with E-state index >= 15 is 0 Å². The first-order valence-corrected chi connectivity index (χ1v) is 4.00. The van der Waals surface area contributed by atoms with Crippen molar-refractivity contribution in [2.75, 3.05) is 0 Å². The van der Waals surface area contributed by atoms with E-state index < -0.39 is 12.1 Å². The molecule has 0 bridgehead atoms. The summed E-state index contributed by atoms with van der Waals surface area (Å²) in [6.45, 7) is 0. The standard InChI is InChI=1S/C8H9FN2O2.K/c1-11-7(4-2-6(4)9)5(3-10-11)8(12)13;/h3-4,6H,2H2,1H3,(H,12,13);. The van der Waals surface area contributed by atoms with Crippen LogP contribution in [-0.2, 0) is 7.05 Å². The van der Waals surface area contributed by atoms with Gasteiger partial charge < -0.3 is 5.11 Å². The molecule has 4 nitrogen and oxygen atoms in total. The Morgan fingerprint density at radius 1 is 1.79 bits per heavy atom. The van der Waals surface area contributed by atoms with Gasteiger partial charge in [0.25, 0.3) is 0 Å². The molecule has 2 unspecified atom stereocenters. The Kier molecular flexibility index (Phi) is 3.87. The zero-order chi connectivity index (χ0) is 9.59. The molecule has 2 atom stereocenters. The van der Waals surface area contributed by atoms with Crippen LogP contribution in [0.25, 0.3) is 0 Å². The van der Waals surface area contributed by atoms with Gasteiger partial charge in [0, 0.05) is 64.4 Å². The number of rotatable bonds is 2. The Hall–Kier alpha value is 0.246. The summed E-state index contributed by atoms with van der Waals surface area (Å²) >= 11 is 0. The van der Waals surface area contributed by atoms with Crippen LogP contribution in [0, 0.1) is 0 Å². The van der Waals surface area contributed by atoms with Gasteiger partial charge in [0.05, 0.1) is 11.9 Å². The van der Waals surface area contributed by atoms with Crippen molar-refractivity contribution in [3.8, 4) is 0 Å². The summed E-state index contributed by atoms with van der Waals surface area (Å²) in [7, 11) is 1.63. The normalized spacial score (nSPS) is 24.1. The first kappa shape index (κ1) is 12.3. The molecule has 1 aliphatic rings. The minimum absolute atomic E-state index is 0. The van der Waals surface area contributed by atoms with Gasteiger partial charge in [-0.05, 0) is 6.42 Å². The molecule has 71 valence electrons. The predicted molar refractivity (Wildman–Crippen MR) is 48.2 cm³/mol. The Morgan fingerprint density at radius 3 is 2.79 bits per heavy atom. The van der Waals surface area contributed by atoms with Crippen molar-refractivity contribution in [3.63, 3.8) is 0 Å². The molecule has 0 aromatic carbocycles. The number of aromatic nitrogens is 2. The van der Waals surface area contributed by atoms with E-state index in [0.29, 0.717) is 12.1 Å². The number of carboxylic acids is 1. The monoisotopic (exact) mass is 223 g/mol. The second kappa shape index (κ2) is 4.40. The SMILES string of the molecule is Cn1ncc(C(=O)O)c1C1CC1F.[K]. The summed E-state index contributed by atoms with van der Waals surface area (Å²) < 4.78 is 14.2. The molecular formula is C8H9FKN2O2. The van der Waals surface area contributed by atoms with Crippen LogP contribution in [-0.4, -0.2) is 78.4 Å². The average Bonchev–Trinajstić information content (AvgIpc) is 2.60. The molecule has 0 spiro atoms. The smallest absolute Gasteiger partial charge is 0.339 e. The van der Waals surface area contributed by atoms with E-state index in [4.69, 9.17) is 5.11 Å². The minimum Gasteiger partial charge on any atom is -0.478 e. The summed E-state index contributed by atoms with van der Waals surface area (Å²) in [6.07, 6.45) is 0.788. The number of halogens is 1. The quantitative estimate of drug-likeness (QED) is 0.745. The van der Waals surface area contributed by atoms with E-state index in [-0.39, 0.29) is 62.9 Å². The molecule has 1 aliphatic carbocycles. The van der Waals surface area contributed by atoms with Crippen LogP contribution < -0.4 is 0 Å². The molecule has 0 aliphatic heterocycles. The van der Waals surface area contributed by atoms with Crippen molar-refractivity contribution >= 4 is 57.4 Å².